The van der Waals surface area contributed by atoms with E-state index in [-0.39, 0.29) is 50.7 Å². The average molecular weight is 450 g/mol. The Morgan fingerprint density at radius 2 is 1.97 bits per heavy atom. The fraction of sp³-hybridized carbons (Fsp3) is 0.150. The number of benzene rings is 2. The van der Waals surface area contributed by atoms with Gasteiger partial charge in [0.05, 0.1) is 23.9 Å². The summed E-state index contributed by atoms with van der Waals surface area (Å²) in [6, 6.07) is 7.43. The molecule has 0 saturated carbocycles. The van der Waals surface area contributed by atoms with Crippen LogP contribution >= 0.6 is 11.6 Å². The van der Waals surface area contributed by atoms with Gasteiger partial charge >= 0.3 is 0 Å². The van der Waals surface area contributed by atoms with Crippen LogP contribution in [0.15, 0.2) is 42.7 Å². The zero-order valence-corrected chi connectivity index (χ0v) is 17.5. The highest BCUT2D eigenvalue weighted by Crippen LogP contribution is 2.46. The van der Waals surface area contributed by atoms with Crippen LogP contribution < -0.4 is 4.31 Å². The van der Waals surface area contributed by atoms with Gasteiger partial charge in [-0.1, -0.05) is 17.7 Å². The van der Waals surface area contributed by atoms with Crippen molar-refractivity contribution in [1.29, 1.82) is 0 Å². The van der Waals surface area contributed by atoms with Crippen LogP contribution in [0, 0.1) is 5.82 Å². The smallest absolute Gasteiger partial charge is 0.232 e. The molecule has 156 valence electrons. The molecule has 2 heterocycles. The summed E-state index contributed by atoms with van der Waals surface area (Å²) < 4.78 is 41.2. The van der Waals surface area contributed by atoms with Gasteiger partial charge in [-0.15, -0.1) is 0 Å². The maximum atomic E-state index is 14.3. The number of aromatic hydroxyl groups is 2. The minimum atomic E-state index is -3.67. The molecule has 0 spiro atoms. The number of rotatable bonds is 4. The van der Waals surface area contributed by atoms with Crippen LogP contribution in [0.1, 0.15) is 5.56 Å². The first-order chi connectivity index (χ1) is 14.1. The molecule has 0 saturated heterocycles. The molecule has 10 heteroatoms. The molecule has 0 unspecified atom stereocenters. The van der Waals surface area contributed by atoms with Gasteiger partial charge in [-0.25, -0.2) is 12.8 Å². The molecule has 0 fully saturated rings. The number of anilines is 1. The monoisotopic (exact) mass is 449 g/mol. The van der Waals surface area contributed by atoms with Gasteiger partial charge in [0.25, 0.3) is 0 Å². The lowest BCUT2D eigenvalue weighted by atomic mass is 10.1. The standard InChI is InChI=1S/C20H17ClFN3O4S/c1-24(30(2,28)29)18-13-4-3-7-23-17(13)19(26)16-14(18)10-25(20(16)27)9-11-5-6-12(21)8-15(11)22/h3-8,10,26-27H,9H2,1-2H3. The number of hydrogen-bond donors (Lipinski definition) is 2. The van der Waals surface area contributed by atoms with Crippen LogP contribution in [-0.4, -0.2) is 41.5 Å². The first kappa shape index (κ1) is 20.2. The van der Waals surface area contributed by atoms with Gasteiger partial charge in [0.15, 0.2) is 5.75 Å². The van der Waals surface area contributed by atoms with Crippen LogP contribution in [0.2, 0.25) is 5.02 Å². The number of nitrogens with zero attached hydrogens (tertiary/aromatic N) is 3. The van der Waals surface area contributed by atoms with Gasteiger partial charge < -0.3 is 14.8 Å². The SMILES string of the molecule is CN(c1c2cccnc2c(O)c2c(O)n(Cc3ccc(Cl)cc3F)cc12)S(C)(=O)=O. The predicted octanol–water partition coefficient (Wildman–Crippen LogP) is 3.84. The first-order valence-corrected chi connectivity index (χ1v) is 11.0. The van der Waals surface area contributed by atoms with Crippen LogP contribution in [0.4, 0.5) is 10.1 Å². The maximum absolute atomic E-state index is 14.3. The molecule has 0 aliphatic heterocycles. The van der Waals surface area contributed by atoms with Crippen molar-refractivity contribution >= 4 is 49.0 Å². The quantitative estimate of drug-likeness (QED) is 0.493. The Hall–Kier alpha value is -3.04. The zero-order valence-electron chi connectivity index (χ0n) is 16.0. The summed E-state index contributed by atoms with van der Waals surface area (Å²) >= 11 is 5.80. The Kier molecular flexibility index (Phi) is 4.74. The highest BCUT2D eigenvalue weighted by atomic mass is 35.5. The van der Waals surface area contributed by atoms with Crippen LogP contribution in [-0.2, 0) is 16.6 Å². The molecule has 2 N–H and O–H groups in total. The molecule has 0 bridgehead atoms. The minimum Gasteiger partial charge on any atom is -0.505 e. The number of hydrogen-bond acceptors (Lipinski definition) is 5. The Morgan fingerprint density at radius 3 is 2.63 bits per heavy atom. The molecule has 0 atom stereocenters. The van der Waals surface area contributed by atoms with E-state index in [1.807, 2.05) is 0 Å². The van der Waals surface area contributed by atoms with Crippen molar-refractivity contribution in [3.05, 3.63) is 59.1 Å². The van der Waals surface area contributed by atoms with Crippen LogP contribution in [0.5, 0.6) is 11.6 Å². The van der Waals surface area contributed by atoms with E-state index in [2.05, 4.69) is 4.98 Å². The predicted molar refractivity (Wildman–Crippen MR) is 114 cm³/mol. The number of halogens is 2. The molecule has 0 aliphatic rings. The number of phenolic OH excluding ortho intramolecular Hbond substituents is 1. The van der Waals surface area contributed by atoms with Crippen LogP contribution in [0.3, 0.4) is 0 Å². The molecule has 30 heavy (non-hydrogen) atoms. The van der Waals surface area contributed by atoms with Gasteiger partial charge in [0, 0.05) is 40.8 Å². The van der Waals surface area contributed by atoms with E-state index in [4.69, 9.17) is 11.6 Å². The van der Waals surface area contributed by atoms with Crippen molar-refractivity contribution in [2.24, 2.45) is 0 Å². The summed E-state index contributed by atoms with van der Waals surface area (Å²) in [6.07, 6.45) is 3.98. The summed E-state index contributed by atoms with van der Waals surface area (Å²) in [4.78, 5) is 4.15. The third kappa shape index (κ3) is 3.20. The molecule has 2 aromatic heterocycles. The lowest BCUT2D eigenvalue weighted by molar-refractivity contribution is 0.424. The molecular formula is C20H17ClFN3O4S. The number of phenols is 1. The second kappa shape index (κ2) is 7.03. The molecular weight excluding hydrogens is 433 g/mol. The lowest BCUT2D eigenvalue weighted by Crippen LogP contribution is -2.25. The highest BCUT2D eigenvalue weighted by molar-refractivity contribution is 7.92. The van der Waals surface area contributed by atoms with E-state index in [1.165, 1.54) is 36.1 Å². The summed E-state index contributed by atoms with van der Waals surface area (Å²) in [7, 11) is -2.29. The fourth-order valence-electron chi connectivity index (χ4n) is 3.47. The third-order valence-electron chi connectivity index (χ3n) is 5.00. The summed E-state index contributed by atoms with van der Waals surface area (Å²) in [5.41, 5.74) is 0.649. The van der Waals surface area contributed by atoms with Crippen molar-refractivity contribution in [2.75, 3.05) is 17.6 Å². The van der Waals surface area contributed by atoms with Crippen molar-refractivity contribution in [1.82, 2.24) is 9.55 Å². The number of sulfonamides is 1. The average Bonchev–Trinajstić information content (AvgIpc) is 3.00. The number of aromatic nitrogens is 2. The van der Waals surface area contributed by atoms with E-state index >= 15 is 0 Å². The Labute approximate surface area is 176 Å². The van der Waals surface area contributed by atoms with E-state index in [9.17, 15) is 23.0 Å². The summed E-state index contributed by atoms with van der Waals surface area (Å²) in [5, 5.41) is 22.5. The van der Waals surface area contributed by atoms with Crippen molar-refractivity contribution < 1.29 is 23.0 Å². The fourth-order valence-corrected chi connectivity index (χ4v) is 4.15. The van der Waals surface area contributed by atoms with E-state index in [1.54, 1.807) is 12.1 Å². The molecule has 0 amide bonds. The molecule has 7 nitrogen and oxygen atoms in total. The third-order valence-corrected chi connectivity index (χ3v) is 6.41. The molecule has 0 aliphatic carbocycles. The zero-order chi connectivity index (χ0) is 21.8. The molecule has 4 aromatic rings. The Morgan fingerprint density at radius 1 is 1.23 bits per heavy atom. The van der Waals surface area contributed by atoms with E-state index in [0.29, 0.717) is 5.39 Å². The lowest BCUT2D eigenvalue weighted by Gasteiger charge is -2.20. The van der Waals surface area contributed by atoms with Gasteiger partial charge in [0.2, 0.25) is 15.9 Å². The minimum absolute atomic E-state index is 0.0288. The summed E-state index contributed by atoms with van der Waals surface area (Å²) in [6.45, 7) is -0.0608. The Balaban J connectivity index is 2.04. The second-order valence-corrected chi connectivity index (χ2v) is 9.38. The normalized spacial score (nSPS) is 12.0. The van der Waals surface area contributed by atoms with Gasteiger partial charge in [0.1, 0.15) is 11.3 Å². The highest BCUT2D eigenvalue weighted by Gasteiger charge is 2.26. The topological polar surface area (TPSA) is 95.7 Å². The van der Waals surface area contributed by atoms with Gasteiger partial charge in [-0.3, -0.25) is 9.29 Å². The number of pyridine rings is 1. The molecule has 4 rings (SSSR count). The largest absolute Gasteiger partial charge is 0.505 e. The van der Waals surface area contributed by atoms with Gasteiger partial charge in [-0.2, -0.15) is 0 Å². The molecule has 0 radical (unpaired) electrons. The van der Waals surface area contributed by atoms with Crippen molar-refractivity contribution in [2.45, 2.75) is 6.54 Å². The maximum Gasteiger partial charge on any atom is 0.232 e. The molecule has 2 aromatic carbocycles. The van der Waals surface area contributed by atoms with E-state index in [0.717, 1.165) is 16.6 Å². The number of fused-ring (bicyclic) bond motifs is 2. The second-order valence-electron chi connectivity index (χ2n) is 6.93. The summed E-state index contributed by atoms with van der Waals surface area (Å²) in [5.74, 6) is -1.18. The Bertz CT molecular complexity index is 1420. The van der Waals surface area contributed by atoms with Gasteiger partial charge in [-0.05, 0) is 24.3 Å². The van der Waals surface area contributed by atoms with E-state index < -0.39 is 15.8 Å². The van der Waals surface area contributed by atoms with Crippen LogP contribution in [0.25, 0.3) is 21.7 Å². The first-order valence-electron chi connectivity index (χ1n) is 8.79. The van der Waals surface area contributed by atoms with Crippen molar-refractivity contribution in [3.8, 4) is 11.6 Å². The van der Waals surface area contributed by atoms with Crippen molar-refractivity contribution in [3.63, 3.8) is 0 Å².